The maximum atomic E-state index is 13.3. The molecule has 3 aliphatic rings. The first-order valence-corrected chi connectivity index (χ1v) is 13.6. The first kappa shape index (κ1) is 25.5. The van der Waals surface area contributed by atoms with Crippen LogP contribution in [0.4, 0.5) is 4.79 Å². The number of hydrogen-bond donors (Lipinski definition) is 3. The largest absolute Gasteiger partial charge is 0.508 e. The highest BCUT2D eigenvalue weighted by Crippen LogP contribution is 2.35. The molecule has 10 nitrogen and oxygen atoms in total. The molecule has 37 heavy (non-hydrogen) atoms. The minimum Gasteiger partial charge on any atom is -0.508 e. The van der Waals surface area contributed by atoms with Crippen LogP contribution in [0.3, 0.4) is 0 Å². The van der Waals surface area contributed by atoms with E-state index in [4.69, 9.17) is 14.2 Å². The Kier molecular flexibility index (Phi) is 7.13. The lowest BCUT2D eigenvalue weighted by molar-refractivity contribution is -0.0907. The van der Waals surface area contributed by atoms with Crippen molar-refractivity contribution in [2.45, 2.75) is 49.2 Å². The number of ether oxygens (including phenoxy) is 3. The number of rotatable bonds is 7. The number of carbonyl (C=O) groups excluding carboxylic acids is 1. The zero-order valence-electron chi connectivity index (χ0n) is 20.3. The highest BCUT2D eigenvalue weighted by molar-refractivity contribution is 7.89. The molecule has 2 fully saturated rings. The molecule has 0 unspecified atom stereocenters. The van der Waals surface area contributed by atoms with Gasteiger partial charge in [-0.05, 0) is 49.1 Å². The number of phenolic OH excluding ortho intramolecular Hbond substituents is 1. The molecule has 0 bridgehead atoms. The van der Waals surface area contributed by atoms with E-state index in [2.05, 4.69) is 5.32 Å². The smallest absolute Gasteiger partial charge is 0.407 e. The van der Waals surface area contributed by atoms with Gasteiger partial charge in [-0.15, -0.1) is 0 Å². The van der Waals surface area contributed by atoms with Crippen molar-refractivity contribution in [3.63, 3.8) is 0 Å². The van der Waals surface area contributed by atoms with Crippen LogP contribution in [0.1, 0.15) is 24.5 Å². The van der Waals surface area contributed by atoms with Crippen LogP contribution >= 0.6 is 0 Å². The number of aromatic hydroxyl groups is 1. The standard InChI is InChI=1S/C26H30N2O8S/c1-16-13-28(37(32,33)24-8-7-18(29)12-20(16)24)14-22(30)21(11-17-5-3-2-4-6-17)27-26(31)36-23-15-35-25-19(23)9-10-34-25/h2-8,12-13,19,21-23,25,29-30H,9-11,14-15H2,1H3,(H,27,31)/t19-,21-,22+,23-,25+/m0/s1. The summed E-state index contributed by atoms with van der Waals surface area (Å²) in [4.78, 5) is 12.9. The fourth-order valence-corrected chi connectivity index (χ4v) is 6.65. The molecule has 0 spiro atoms. The maximum Gasteiger partial charge on any atom is 0.407 e. The SMILES string of the molecule is CC1=CN(C[C@@H](O)[C@H](Cc2ccccc2)NC(=O)O[C@H]2CO[C@H]3OCC[C@H]32)S(=O)(=O)c2ccc(O)cc21. The van der Waals surface area contributed by atoms with Gasteiger partial charge in [-0.2, -0.15) is 0 Å². The van der Waals surface area contributed by atoms with Gasteiger partial charge in [0.05, 0.1) is 42.7 Å². The van der Waals surface area contributed by atoms with Crippen molar-refractivity contribution in [1.82, 2.24) is 9.62 Å². The van der Waals surface area contributed by atoms with Crippen molar-refractivity contribution in [3.8, 4) is 5.75 Å². The summed E-state index contributed by atoms with van der Waals surface area (Å²) in [5, 5.41) is 23.7. The number of β-amino-alcohol motifs (C(OH)–C–C–N with tert-alkyl or cyclic N) is 1. The number of amides is 1. The normalized spacial score (nSPS) is 25.5. The molecule has 5 rings (SSSR count). The summed E-state index contributed by atoms with van der Waals surface area (Å²) >= 11 is 0. The van der Waals surface area contributed by atoms with Crippen molar-refractivity contribution < 1.29 is 37.6 Å². The van der Waals surface area contributed by atoms with E-state index in [-0.39, 0.29) is 42.4 Å². The van der Waals surface area contributed by atoms with Gasteiger partial charge in [0, 0.05) is 11.8 Å². The van der Waals surface area contributed by atoms with Gasteiger partial charge in [0.15, 0.2) is 6.29 Å². The van der Waals surface area contributed by atoms with E-state index in [0.717, 1.165) is 16.3 Å². The van der Waals surface area contributed by atoms with Crippen LogP contribution in [0.15, 0.2) is 59.6 Å². The summed E-state index contributed by atoms with van der Waals surface area (Å²) in [6, 6.07) is 12.5. The van der Waals surface area contributed by atoms with Crippen molar-refractivity contribution in [1.29, 1.82) is 0 Å². The third-order valence-electron chi connectivity index (χ3n) is 6.99. The topological polar surface area (TPSA) is 135 Å². The zero-order chi connectivity index (χ0) is 26.2. The van der Waals surface area contributed by atoms with E-state index in [1.165, 1.54) is 24.4 Å². The second-order valence-corrected chi connectivity index (χ2v) is 11.4. The van der Waals surface area contributed by atoms with Crippen LogP contribution in [0.5, 0.6) is 5.75 Å². The van der Waals surface area contributed by atoms with E-state index < -0.39 is 34.4 Å². The number of aliphatic hydroxyl groups is 1. The van der Waals surface area contributed by atoms with Crippen molar-refractivity contribution in [2.75, 3.05) is 19.8 Å². The van der Waals surface area contributed by atoms with E-state index in [0.29, 0.717) is 17.7 Å². The van der Waals surface area contributed by atoms with Gasteiger partial charge in [-0.25, -0.2) is 13.2 Å². The van der Waals surface area contributed by atoms with Gasteiger partial charge >= 0.3 is 6.09 Å². The Morgan fingerprint density at radius 3 is 2.78 bits per heavy atom. The monoisotopic (exact) mass is 530 g/mol. The van der Waals surface area contributed by atoms with Gasteiger partial charge in [0.25, 0.3) is 10.0 Å². The van der Waals surface area contributed by atoms with Crippen LogP contribution in [0, 0.1) is 5.92 Å². The predicted octanol–water partition coefficient (Wildman–Crippen LogP) is 2.22. The fourth-order valence-electron chi connectivity index (χ4n) is 5.02. The molecule has 3 N–H and O–H groups in total. The minimum absolute atomic E-state index is 0.0330. The molecular weight excluding hydrogens is 500 g/mol. The fraction of sp³-hybridized carbons (Fsp3) is 0.423. The van der Waals surface area contributed by atoms with Crippen molar-refractivity contribution in [2.24, 2.45) is 5.92 Å². The summed E-state index contributed by atoms with van der Waals surface area (Å²) in [7, 11) is -3.98. The number of nitrogens with zero attached hydrogens (tertiary/aromatic N) is 1. The minimum atomic E-state index is -3.98. The lowest BCUT2D eigenvalue weighted by Crippen LogP contribution is -2.50. The summed E-state index contributed by atoms with van der Waals surface area (Å²) < 4.78 is 44.3. The number of allylic oxidation sites excluding steroid dienone is 1. The lowest BCUT2D eigenvalue weighted by Gasteiger charge is -2.32. The van der Waals surface area contributed by atoms with E-state index in [1.807, 2.05) is 30.3 Å². The number of nitrogens with one attached hydrogen (secondary N) is 1. The molecule has 0 saturated carbocycles. The van der Waals surface area contributed by atoms with E-state index >= 15 is 0 Å². The molecule has 2 saturated heterocycles. The lowest BCUT2D eigenvalue weighted by atomic mass is 10.0. The molecule has 0 aliphatic carbocycles. The molecule has 1 amide bonds. The molecule has 198 valence electrons. The number of fused-ring (bicyclic) bond motifs is 2. The molecule has 0 radical (unpaired) electrons. The Morgan fingerprint density at radius 1 is 1.22 bits per heavy atom. The second kappa shape index (κ2) is 10.3. The number of alkyl carbamates (subject to hydrolysis) is 1. The van der Waals surface area contributed by atoms with Crippen LogP contribution < -0.4 is 5.32 Å². The molecule has 0 aromatic heterocycles. The molecule has 2 aromatic carbocycles. The summed E-state index contributed by atoms with van der Waals surface area (Å²) in [6.07, 6.45) is -0.377. The molecule has 3 heterocycles. The molecule has 2 aromatic rings. The molecule has 5 atom stereocenters. The quantitative estimate of drug-likeness (QED) is 0.496. The van der Waals surface area contributed by atoms with Gasteiger partial charge in [0.2, 0.25) is 0 Å². The Balaban J connectivity index is 1.33. The number of benzene rings is 2. The van der Waals surface area contributed by atoms with Crippen molar-refractivity contribution >= 4 is 21.7 Å². The second-order valence-electron chi connectivity index (χ2n) is 9.54. The number of hydrogen-bond acceptors (Lipinski definition) is 8. The van der Waals surface area contributed by atoms with Gasteiger partial charge < -0.3 is 29.7 Å². The Morgan fingerprint density at radius 2 is 2.00 bits per heavy atom. The highest BCUT2D eigenvalue weighted by Gasteiger charge is 2.44. The van der Waals surface area contributed by atoms with E-state index in [1.54, 1.807) is 6.92 Å². The van der Waals surface area contributed by atoms with Gasteiger partial charge in [-0.1, -0.05) is 30.3 Å². The molecular formula is C26H30N2O8S. The zero-order valence-corrected chi connectivity index (χ0v) is 21.1. The van der Waals surface area contributed by atoms with Crippen LogP contribution in [0.25, 0.3) is 5.57 Å². The van der Waals surface area contributed by atoms with E-state index in [9.17, 15) is 23.4 Å². The van der Waals surface area contributed by atoms with Crippen LogP contribution in [0.2, 0.25) is 0 Å². The van der Waals surface area contributed by atoms with Gasteiger partial charge in [-0.3, -0.25) is 4.31 Å². The first-order chi connectivity index (χ1) is 17.7. The number of phenols is 1. The highest BCUT2D eigenvalue weighted by atomic mass is 32.2. The average molecular weight is 531 g/mol. The Labute approximate surface area is 215 Å². The third-order valence-corrected chi connectivity index (χ3v) is 8.77. The average Bonchev–Trinajstić information content (AvgIpc) is 3.48. The summed E-state index contributed by atoms with van der Waals surface area (Å²) in [5.41, 5.74) is 1.88. The number of aliphatic hydroxyl groups excluding tert-OH is 1. The molecule has 3 aliphatic heterocycles. The van der Waals surface area contributed by atoms with Crippen molar-refractivity contribution in [3.05, 3.63) is 65.9 Å². The summed E-state index contributed by atoms with van der Waals surface area (Å²) in [5.74, 6) is -0.0710. The Bertz CT molecular complexity index is 1280. The first-order valence-electron chi connectivity index (χ1n) is 12.2. The van der Waals surface area contributed by atoms with Crippen LogP contribution in [-0.2, 0) is 30.7 Å². The predicted molar refractivity (Wildman–Crippen MR) is 133 cm³/mol. The third kappa shape index (κ3) is 5.30. The molecule has 11 heteroatoms. The Hall–Kier alpha value is -3.12. The number of carbonyl (C=O) groups is 1. The van der Waals surface area contributed by atoms with Crippen LogP contribution in [-0.4, -0.2) is 73.3 Å². The summed E-state index contributed by atoms with van der Waals surface area (Å²) in [6.45, 7) is 2.22. The maximum absolute atomic E-state index is 13.3. The van der Waals surface area contributed by atoms with Gasteiger partial charge in [0.1, 0.15) is 11.9 Å². The number of sulfonamides is 1.